The Kier molecular flexibility index (Phi) is 3.59. The highest BCUT2D eigenvalue weighted by Crippen LogP contribution is 2.60. The molecule has 0 saturated heterocycles. The summed E-state index contributed by atoms with van der Waals surface area (Å²) in [5, 5.41) is 0.803. The Bertz CT molecular complexity index is 546. The fourth-order valence-corrected chi connectivity index (χ4v) is 5.65. The molecule has 0 radical (unpaired) electrons. The molecule has 1 unspecified atom stereocenters. The Balaban J connectivity index is 2.53. The lowest BCUT2D eigenvalue weighted by Gasteiger charge is -2.38. The number of hydrogen-bond acceptors (Lipinski definition) is 5. The summed E-state index contributed by atoms with van der Waals surface area (Å²) in [4.78, 5) is 42.1. The molecule has 0 spiro atoms. The molecular formula is C7H10N2O6P2S. The fraction of sp³-hybridized carbons (Fsp3) is 0.286. The summed E-state index contributed by atoms with van der Waals surface area (Å²) in [6.07, 6.45) is 3.03. The van der Waals surface area contributed by atoms with Crippen molar-refractivity contribution in [1.29, 1.82) is 0 Å². The fourth-order valence-electron chi connectivity index (χ4n) is 1.64. The molecule has 8 nitrogen and oxygen atoms in total. The Morgan fingerprint density at radius 1 is 1.33 bits per heavy atom. The topological polar surface area (TPSA) is 131 Å². The Morgan fingerprint density at radius 3 is 2.56 bits per heavy atom. The van der Waals surface area contributed by atoms with E-state index in [4.69, 9.17) is 9.79 Å². The van der Waals surface area contributed by atoms with Gasteiger partial charge in [-0.1, -0.05) is 11.8 Å². The monoisotopic (exact) mass is 312 g/mol. The van der Waals surface area contributed by atoms with Gasteiger partial charge in [0.15, 0.2) is 11.0 Å². The third-order valence-electron chi connectivity index (χ3n) is 2.34. The summed E-state index contributed by atoms with van der Waals surface area (Å²) in [6.45, 7) is 0.138. The lowest BCUT2D eigenvalue weighted by Crippen LogP contribution is -2.43. The highest BCUT2D eigenvalue weighted by molar-refractivity contribution is 8.16. The van der Waals surface area contributed by atoms with Crippen molar-refractivity contribution in [3.63, 3.8) is 0 Å². The average molecular weight is 312 g/mol. The minimum Gasteiger partial charge on any atom is -0.329 e. The van der Waals surface area contributed by atoms with Crippen molar-refractivity contribution < 1.29 is 28.7 Å². The molecule has 0 bridgehead atoms. The van der Waals surface area contributed by atoms with Gasteiger partial charge < -0.3 is 24.5 Å². The van der Waals surface area contributed by atoms with Crippen molar-refractivity contribution >= 4 is 32.1 Å². The number of fused-ring (bicyclic) bond motifs is 1. The Hall–Kier alpha value is -0.400. The zero-order valence-electron chi connectivity index (χ0n) is 8.82. The number of aliphatic imine (C=N–C) groups is 1. The second kappa shape index (κ2) is 4.61. The largest absolute Gasteiger partial charge is 0.355 e. The first kappa shape index (κ1) is 14.0. The summed E-state index contributed by atoms with van der Waals surface area (Å²) >= 11 is 0.929. The highest BCUT2D eigenvalue weighted by Gasteiger charge is 2.47. The minimum absolute atomic E-state index is 0.138. The normalized spacial score (nSPS) is 24.4. The molecule has 0 aromatic rings. The molecule has 0 aliphatic carbocycles. The van der Waals surface area contributed by atoms with Crippen LogP contribution in [0.15, 0.2) is 28.0 Å². The van der Waals surface area contributed by atoms with Gasteiger partial charge in [0.25, 0.3) is 0 Å². The van der Waals surface area contributed by atoms with E-state index >= 15 is 0 Å². The van der Waals surface area contributed by atoms with Crippen molar-refractivity contribution in [2.75, 3.05) is 6.54 Å². The summed E-state index contributed by atoms with van der Waals surface area (Å²) in [7, 11) is -9.48. The van der Waals surface area contributed by atoms with E-state index in [1.807, 2.05) is 0 Å². The van der Waals surface area contributed by atoms with Crippen LogP contribution in [0.25, 0.3) is 0 Å². The molecule has 0 aromatic heterocycles. The van der Waals surface area contributed by atoms with Crippen molar-refractivity contribution in [3.8, 4) is 0 Å². The second-order valence-electron chi connectivity index (χ2n) is 3.62. The molecule has 11 heteroatoms. The van der Waals surface area contributed by atoms with Gasteiger partial charge in [-0.05, 0) is 11.5 Å². The smallest absolute Gasteiger partial charge is 0.329 e. The maximum absolute atomic E-state index is 11.5. The van der Waals surface area contributed by atoms with Gasteiger partial charge in [0, 0.05) is 12.7 Å². The van der Waals surface area contributed by atoms with Gasteiger partial charge in [-0.25, -0.2) is 4.99 Å². The summed E-state index contributed by atoms with van der Waals surface area (Å²) in [6, 6.07) is 0. The van der Waals surface area contributed by atoms with Crippen LogP contribution in [0.3, 0.4) is 0 Å². The van der Waals surface area contributed by atoms with Crippen LogP contribution >= 0.6 is 27.0 Å². The van der Waals surface area contributed by atoms with Gasteiger partial charge in [-0.15, -0.1) is 0 Å². The average Bonchev–Trinajstić information content (AvgIpc) is 2.24. The predicted molar refractivity (Wildman–Crippen MR) is 66.8 cm³/mol. The summed E-state index contributed by atoms with van der Waals surface area (Å²) < 4.78 is 22.8. The Labute approximate surface area is 106 Å². The minimum atomic E-state index is -4.75. The van der Waals surface area contributed by atoms with E-state index in [0.29, 0.717) is 5.17 Å². The SMILES string of the molecule is O=P(O)(O)C1=CSC2=NC=CCN2C1P(=O)(O)O. The van der Waals surface area contributed by atoms with Gasteiger partial charge in [0.2, 0.25) is 0 Å². The molecule has 2 rings (SSSR count). The molecule has 0 fully saturated rings. The number of thioether (sulfide) groups is 1. The molecular weight excluding hydrogens is 302 g/mol. The molecule has 2 aliphatic rings. The molecule has 1 atom stereocenters. The molecule has 100 valence electrons. The third kappa shape index (κ3) is 2.62. The molecule has 0 aromatic carbocycles. The standard InChI is InChI=1S/C7H10N2O6P2S/c10-16(11,12)5-4-18-7-8-2-1-3-9(7)6(5)17(13,14)15/h1-2,4,6H,3H2,(H2,10,11,12)(H2,13,14,15). The van der Waals surface area contributed by atoms with Crippen molar-refractivity contribution in [2.24, 2.45) is 4.99 Å². The zero-order valence-corrected chi connectivity index (χ0v) is 11.4. The first-order valence-corrected chi connectivity index (χ1v) is 8.86. The van der Waals surface area contributed by atoms with Gasteiger partial charge in [-0.3, -0.25) is 9.13 Å². The number of nitrogens with zero attached hydrogens (tertiary/aromatic N) is 2. The van der Waals surface area contributed by atoms with Gasteiger partial charge in [0.05, 0.1) is 5.31 Å². The van der Waals surface area contributed by atoms with Crippen molar-refractivity contribution in [3.05, 3.63) is 23.0 Å². The Morgan fingerprint density at radius 2 is 2.00 bits per heavy atom. The van der Waals surface area contributed by atoms with Crippen molar-refractivity contribution in [2.45, 2.75) is 5.78 Å². The highest BCUT2D eigenvalue weighted by atomic mass is 32.2. The quantitative estimate of drug-likeness (QED) is 0.540. The third-order valence-corrected chi connectivity index (χ3v) is 5.88. The van der Waals surface area contributed by atoms with E-state index in [-0.39, 0.29) is 6.54 Å². The van der Waals surface area contributed by atoms with E-state index in [1.54, 1.807) is 6.08 Å². The van der Waals surface area contributed by atoms with Crippen LogP contribution in [0, 0.1) is 0 Å². The van der Waals surface area contributed by atoms with Crippen LogP contribution in [-0.2, 0) is 9.13 Å². The van der Waals surface area contributed by atoms with E-state index in [9.17, 15) is 18.9 Å². The second-order valence-corrected chi connectivity index (χ2v) is 7.72. The summed E-state index contributed by atoms with van der Waals surface area (Å²) in [5.41, 5.74) is 0. The maximum Gasteiger partial charge on any atom is 0.355 e. The molecule has 2 heterocycles. The van der Waals surface area contributed by atoms with E-state index in [2.05, 4.69) is 4.99 Å². The van der Waals surface area contributed by atoms with Gasteiger partial charge in [-0.2, -0.15) is 0 Å². The number of hydrogen-bond donors (Lipinski definition) is 4. The first-order valence-electron chi connectivity index (χ1n) is 4.69. The van der Waals surface area contributed by atoms with Crippen LogP contribution in [-0.4, -0.2) is 42.0 Å². The molecule has 0 amide bonds. The van der Waals surface area contributed by atoms with E-state index in [0.717, 1.165) is 17.2 Å². The van der Waals surface area contributed by atoms with Crippen LogP contribution in [0.5, 0.6) is 0 Å². The van der Waals surface area contributed by atoms with Crippen LogP contribution in [0.1, 0.15) is 0 Å². The van der Waals surface area contributed by atoms with Crippen molar-refractivity contribution in [1.82, 2.24) is 4.90 Å². The predicted octanol–water partition coefficient (Wildman–Crippen LogP) is 0.441. The molecule has 0 saturated carbocycles. The zero-order chi connectivity index (χ0) is 13.6. The van der Waals surface area contributed by atoms with Gasteiger partial charge in [0.1, 0.15) is 0 Å². The molecule has 4 N–H and O–H groups in total. The number of amidine groups is 1. The lowest BCUT2D eigenvalue weighted by molar-refractivity contribution is 0.314. The first-order chi connectivity index (χ1) is 8.21. The maximum atomic E-state index is 11.5. The number of rotatable bonds is 2. The van der Waals surface area contributed by atoms with Crippen LogP contribution in [0.4, 0.5) is 0 Å². The molecule has 18 heavy (non-hydrogen) atoms. The lowest BCUT2D eigenvalue weighted by atomic mass is 10.4. The van der Waals surface area contributed by atoms with Gasteiger partial charge >= 0.3 is 15.2 Å². The van der Waals surface area contributed by atoms with E-state index < -0.39 is 26.3 Å². The van der Waals surface area contributed by atoms with Crippen LogP contribution < -0.4 is 0 Å². The van der Waals surface area contributed by atoms with E-state index in [1.165, 1.54) is 11.1 Å². The molecule has 2 aliphatic heterocycles. The summed E-state index contributed by atoms with van der Waals surface area (Å²) in [5.74, 6) is -1.66. The van der Waals surface area contributed by atoms with Crippen LogP contribution in [0.2, 0.25) is 0 Å².